The maximum Gasteiger partial charge on any atom is 0.307 e. The predicted molar refractivity (Wildman–Crippen MR) is 89.8 cm³/mol. The van der Waals surface area contributed by atoms with Crippen LogP contribution in [0, 0.1) is 0 Å². The molecule has 0 aliphatic carbocycles. The Hall–Kier alpha value is -2.14. The number of esters is 1. The third kappa shape index (κ3) is 6.65. The van der Waals surface area contributed by atoms with E-state index in [1.165, 1.54) is 0 Å². The first-order valence-electron chi connectivity index (χ1n) is 7.89. The summed E-state index contributed by atoms with van der Waals surface area (Å²) in [5.74, 6) is 0.177. The number of hydrogen-bond acceptors (Lipinski definition) is 5. The van der Waals surface area contributed by atoms with Gasteiger partial charge in [0.1, 0.15) is 5.75 Å². The van der Waals surface area contributed by atoms with Gasteiger partial charge in [0.2, 0.25) is 0 Å². The average Bonchev–Trinajstić information content (AvgIpc) is 2.56. The highest BCUT2D eigenvalue weighted by Gasteiger charge is 2.23. The summed E-state index contributed by atoms with van der Waals surface area (Å²) >= 11 is 0. The molecule has 1 unspecified atom stereocenters. The third-order valence-electron chi connectivity index (χ3n) is 3.11. The van der Waals surface area contributed by atoms with E-state index in [-0.39, 0.29) is 12.2 Å². The molecule has 5 heteroatoms. The summed E-state index contributed by atoms with van der Waals surface area (Å²) in [5.41, 5.74) is 0.528. The number of carbonyl (C=O) groups excluding carboxylic acids is 2. The molecular weight excluding hydrogens is 294 g/mol. The van der Waals surface area contributed by atoms with Crippen molar-refractivity contribution in [3.05, 3.63) is 42.5 Å². The molecule has 0 radical (unpaired) electrons. The molecule has 0 bridgehead atoms. The van der Waals surface area contributed by atoms with E-state index in [0.717, 1.165) is 12.2 Å². The smallest absolute Gasteiger partial charge is 0.307 e. The van der Waals surface area contributed by atoms with Crippen molar-refractivity contribution in [1.29, 1.82) is 0 Å². The van der Waals surface area contributed by atoms with Crippen LogP contribution < -0.4 is 10.1 Å². The summed E-state index contributed by atoms with van der Waals surface area (Å²) in [6.45, 7) is 8.75. The Kier molecular flexibility index (Phi) is 8.68. The molecule has 0 aliphatic rings. The highest BCUT2D eigenvalue weighted by Crippen LogP contribution is 2.15. The number of nitrogens with one attached hydrogen (secondary N) is 1. The molecule has 1 atom stereocenters. The van der Waals surface area contributed by atoms with E-state index < -0.39 is 12.0 Å². The Morgan fingerprint density at radius 2 is 1.96 bits per heavy atom. The van der Waals surface area contributed by atoms with Crippen LogP contribution in [0.2, 0.25) is 0 Å². The molecule has 0 fully saturated rings. The van der Waals surface area contributed by atoms with Crippen LogP contribution in [0.4, 0.5) is 0 Å². The number of ether oxygens (including phenoxy) is 2. The number of benzene rings is 1. The second kappa shape index (κ2) is 10.6. The Morgan fingerprint density at radius 1 is 1.26 bits per heavy atom. The highest BCUT2D eigenvalue weighted by atomic mass is 16.5. The van der Waals surface area contributed by atoms with Crippen molar-refractivity contribution < 1.29 is 19.1 Å². The summed E-state index contributed by atoms with van der Waals surface area (Å²) in [5, 5.41) is 3.01. The van der Waals surface area contributed by atoms with Crippen LogP contribution in [-0.2, 0) is 9.53 Å². The van der Waals surface area contributed by atoms with Crippen LogP contribution in [-0.4, -0.2) is 37.6 Å². The van der Waals surface area contributed by atoms with Gasteiger partial charge in [0, 0.05) is 12.1 Å². The normalized spacial score (nSPS) is 11.6. The fourth-order valence-corrected chi connectivity index (χ4v) is 2.01. The van der Waals surface area contributed by atoms with Gasteiger partial charge in [-0.05, 0) is 37.6 Å². The van der Waals surface area contributed by atoms with Gasteiger partial charge in [-0.3, -0.25) is 9.59 Å². The third-order valence-corrected chi connectivity index (χ3v) is 3.11. The molecule has 0 saturated carbocycles. The zero-order chi connectivity index (χ0) is 17.1. The molecule has 0 aliphatic heterocycles. The SMILES string of the molecule is C=CCNC(CC(=O)OCC)C(=O)c1ccc(OCCC)cc1. The molecule has 126 valence electrons. The van der Waals surface area contributed by atoms with Gasteiger partial charge in [0.05, 0.1) is 25.7 Å². The topological polar surface area (TPSA) is 64.6 Å². The zero-order valence-electron chi connectivity index (χ0n) is 13.8. The summed E-state index contributed by atoms with van der Waals surface area (Å²) in [4.78, 5) is 24.2. The molecule has 0 spiro atoms. The zero-order valence-corrected chi connectivity index (χ0v) is 13.8. The second-order valence-electron chi connectivity index (χ2n) is 5.00. The van der Waals surface area contributed by atoms with E-state index in [9.17, 15) is 9.59 Å². The van der Waals surface area contributed by atoms with E-state index in [1.54, 1.807) is 37.3 Å². The largest absolute Gasteiger partial charge is 0.494 e. The maximum absolute atomic E-state index is 12.6. The van der Waals surface area contributed by atoms with Gasteiger partial charge in [-0.25, -0.2) is 0 Å². The lowest BCUT2D eigenvalue weighted by Gasteiger charge is -2.16. The van der Waals surface area contributed by atoms with E-state index in [1.807, 2.05) is 6.92 Å². The molecule has 1 aromatic carbocycles. The van der Waals surface area contributed by atoms with Crippen molar-refractivity contribution in [1.82, 2.24) is 5.32 Å². The molecule has 1 N–H and O–H groups in total. The Balaban J connectivity index is 2.77. The fourth-order valence-electron chi connectivity index (χ4n) is 2.01. The lowest BCUT2D eigenvalue weighted by Crippen LogP contribution is -2.39. The van der Waals surface area contributed by atoms with Gasteiger partial charge in [-0.15, -0.1) is 6.58 Å². The maximum atomic E-state index is 12.6. The number of hydrogen-bond donors (Lipinski definition) is 1. The van der Waals surface area contributed by atoms with Crippen LogP contribution in [0.25, 0.3) is 0 Å². The molecule has 0 heterocycles. The van der Waals surface area contributed by atoms with Crippen molar-refractivity contribution >= 4 is 11.8 Å². The molecular formula is C18H25NO4. The van der Waals surface area contributed by atoms with E-state index >= 15 is 0 Å². The van der Waals surface area contributed by atoms with Gasteiger partial charge < -0.3 is 14.8 Å². The van der Waals surface area contributed by atoms with Crippen molar-refractivity contribution in [2.45, 2.75) is 32.7 Å². The van der Waals surface area contributed by atoms with Crippen LogP contribution in [0.5, 0.6) is 5.75 Å². The van der Waals surface area contributed by atoms with Gasteiger partial charge in [0.15, 0.2) is 5.78 Å². The first kappa shape index (κ1) is 18.9. The minimum atomic E-state index is -0.630. The van der Waals surface area contributed by atoms with Crippen molar-refractivity contribution in [2.24, 2.45) is 0 Å². The summed E-state index contributed by atoms with van der Waals surface area (Å²) < 4.78 is 10.4. The lowest BCUT2D eigenvalue weighted by atomic mass is 10.0. The first-order valence-corrected chi connectivity index (χ1v) is 7.89. The Labute approximate surface area is 137 Å². The average molecular weight is 319 g/mol. The minimum absolute atomic E-state index is 0.00536. The lowest BCUT2D eigenvalue weighted by molar-refractivity contribution is -0.143. The molecule has 23 heavy (non-hydrogen) atoms. The van der Waals surface area contributed by atoms with Crippen LogP contribution in [0.15, 0.2) is 36.9 Å². The van der Waals surface area contributed by atoms with Crippen LogP contribution in [0.1, 0.15) is 37.0 Å². The number of ketones is 1. The van der Waals surface area contributed by atoms with Gasteiger partial charge in [-0.2, -0.15) is 0 Å². The van der Waals surface area contributed by atoms with Crippen molar-refractivity contribution in [3.8, 4) is 5.75 Å². The fraction of sp³-hybridized carbons (Fsp3) is 0.444. The van der Waals surface area contributed by atoms with Gasteiger partial charge in [-0.1, -0.05) is 13.0 Å². The number of carbonyl (C=O) groups is 2. The number of rotatable bonds is 11. The van der Waals surface area contributed by atoms with E-state index in [0.29, 0.717) is 25.3 Å². The van der Waals surface area contributed by atoms with E-state index in [2.05, 4.69) is 11.9 Å². The standard InChI is InChI=1S/C18H25NO4/c1-4-11-19-16(13-17(20)22-6-3)18(21)14-7-9-15(10-8-14)23-12-5-2/h4,7-10,16,19H,1,5-6,11-13H2,2-3H3. The van der Waals surface area contributed by atoms with Crippen LogP contribution in [0.3, 0.4) is 0 Å². The quantitative estimate of drug-likeness (QED) is 0.386. The van der Waals surface area contributed by atoms with Gasteiger partial charge >= 0.3 is 5.97 Å². The second-order valence-corrected chi connectivity index (χ2v) is 5.00. The van der Waals surface area contributed by atoms with Crippen LogP contribution >= 0.6 is 0 Å². The predicted octanol–water partition coefficient (Wildman–Crippen LogP) is 2.76. The summed E-state index contributed by atoms with van der Waals surface area (Å²) in [6.07, 6.45) is 2.56. The Bertz CT molecular complexity index is 510. The molecule has 5 nitrogen and oxygen atoms in total. The summed E-state index contributed by atoms with van der Waals surface area (Å²) in [6, 6.07) is 6.31. The molecule has 1 rings (SSSR count). The summed E-state index contributed by atoms with van der Waals surface area (Å²) in [7, 11) is 0. The van der Waals surface area contributed by atoms with Gasteiger partial charge in [0.25, 0.3) is 0 Å². The first-order chi connectivity index (χ1) is 11.1. The Morgan fingerprint density at radius 3 is 2.52 bits per heavy atom. The number of Topliss-reactive ketones (excluding diaryl/α,β-unsaturated/α-hetero) is 1. The van der Waals surface area contributed by atoms with E-state index in [4.69, 9.17) is 9.47 Å². The van der Waals surface area contributed by atoms with Crippen molar-refractivity contribution in [2.75, 3.05) is 19.8 Å². The molecule has 0 aromatic heterocycles. The molecule has 0 amide bonds. The minimum Gasteiger partial charge on any atom is -0.494 e. The molecule has 1 aromatic rings. The highest BCUT2D eigenvalue weighted by molar-refractivity contribution is 6.01. The monoisotopic (exact) mass is 319 g/mol. The molecule has 0 saturated heterocycles. The van der Waals surface area contributed by atoms with Crippen molar-refractivity contribution in [3.63, 3.8) is 0 Å².